The van der Waals surface area contributed by atoms with Crippen LogP contribution in [0.2, 0.25) is 0 Å². The van der Waals surface area contributed by atoms with E-state index in [-0.39, 0.29) is 11.1 Å². The molecule has 7 aromatic rings. The smallest absolute Gasteiger partial charge is 0.131 e. The molecule has 39 heavy (non-hydrogen) atoms. The second-order valence-electron chi connectivity index (χ2n) is 9.56. The summed E-state index contributed by atoms with van der Waals surface area (Å²) in [7, 11) is 0. The SMILES string of the molecule is [2H]c1c([2H])c([2H])c2c(c1[2H])Oc1c([2H])c([2H])c(-c3cccc4c3c3ccc5ccccc5c3n4-c3ccccc3)c([2H])c1C2(C([2H])([2H])[2H])C([2H])([2H])[2H]. The van der Waals surface area contributed by atoms with Gasteiger partial charge in [0.2, 0.25) is 0 Å². The van der Waals surface area contributed by atoms with E-state index in [9.17, 15) is 2.74 Å². The average molecular weight is 515 g/mol. The maximum Gasteiger partial charge on any atom is 0.131 e. The Morgan fingerprint density at radius 3 is 2.44 bits per heavy atom. The van der Waals surface area contributed by atoms with Crippen molar-refractivity contribution in [2.45, 2.75) is 19.1 Å². The van der Waals surface area contributed by atoms with E-state index >= 15 is 0 Å². The standard InChI is InChI=1S/C37H27NO/c1-37(2)30-16-8-9-18-33(30)39-34-22-20-25(23-31(34)37)27-15-10-17-32-35(27)29-21-19-24-11-6-7-14-28(24)36(29)38(32)26-12-4-3-5-13-26/h3-23H,1-2H3/i1D3,2D3,8D,9D,16D,18D,20D,22D,23D. The minimum Gasteiger partial charge on any atom is -0.457 e. The molecule has 6 aromatic carbocycles. The fourth-order valence-corrected chi connectivity index (χ4v) is 5.62. The molecule has 0 saturated carbocycles. The Kier molecular flexibility index (Phi) is 2.66. The third-order valence-corrected chi connectivity index (χ3v) is 7.35. The normalized spacial score (nSPS) is 19.2. The maximum absolute atomic E-state index is 9.68. The number of benzene rings is 6. The maximum atomic E-state index is 9.68. The zero-order chi connectivity index (χ0) is 37.2. The van der Waals surface area contributed by atoms with Gasteiger partial charge < -0.3 is 9.30 Å². The zero-order valence-electron chi connectivity index (χ0n) is 33.4. The van der Waals surface area contributed by atoms with Gasteiger partial charge in [-0.25, -0.2) is 0 Å². The van der Waals surface area contributed by atoms with Gasteiger partial charge in [-0.05, 0) is 52.8 Å². The molecule has 0 saturated heterocycles. The van der Waals surface area contributed by atoms with Crippen LogP contribution >= 0.6 is 0 Å². The fourth-order valence-electron chi connectivity index (χ4n) is 5.62. The van der Waals surface area contributed by atoms with Crippen molar-refractivity contribution in [1.29, 1.82) is 0 Å². The molecule has 1 aromatic heterocycles. The van der Waals surface area contributed by atoms with Crippen LogP contribution in [-0.4, -0.2) is 4.57 Å². The zero-order valence-corrected chi connectivity index (χ0v) is 20.4. The van der Waals surface area contributed by atoms with Crippen molar-refractivity contribution in [3.63, 3.8) is 0 Å². The highest BCUT2D eigenvalue weighted by Crippen LogP contribution is 2.49. The number of fused-ring (bicyclic) bond motifs is 7. The van der Waals surface area contributed by atoms with Crippen LogP contribution in [0.4, 0.5) is 0 Å². The summed E-state index contributed by atoms with van der Waals surface area (Å²) in [5.41, 5.74) is -2.51. The van der Waals surface area contributed by atoms with Gasteiger partial charge in [-0.3, -0.25) is 0 Å². The lowest BCUT2D eigenvalue weighted by molar-refractivity contribution is 0.418. The van der Waals surface area contributed by atoms with Crippen LogP contribution in [0.1, 0.15) is 42.7 Å². The molecule has 1 aliphatic heterocycles. The minimum absolute atomic E-state index is 0.222. The average Bonchev–Trinajstić information content (AvgIpc) is 3.46. The first-order chi connectivity index (χ1) is 24.5. The third-order valence-electron chi connectivity index (χ3n) is 7.35. The van der Waals surface area contributed by atoms with Gasteiger partial charge in [-0.1, -0.05) is 105 Å². The monoisotopic (exact) mass is 514 g/mol. The van der Waals surface area contributed by atoms with E-state index in [1.54, 1.807) is 12.1 Å². The van der Waals surface area contributed by atoms with Gasteiger partial charge in [0, 0.05) is 46.6 Å². The van der Waals surface area contributed by atoms with Crippen LogP contribution in [0.5, 0.6) is 11.5 Å². The summed E-state index contributed by atoms with van der Waals surface area (Å²) in [6.45, 7) is -7.14. The molecule has 0 bridgehead atoms. The Morgan fingerprint density at radius 2 is 1.54 bits per heavy atom. The number of rotatable bonds is 2. The van der Waals surface area contributed by atoms with Crippen molar-refractivity contribution >= 4 is 32.6 Å². The van der Waals surface area contributed by atoms with Gasteiger partial charge >= 0.3 is 0 Å². The molecule has 2 nitrogen and oxygen atoms in total. The molecule has 0 unspecified atom stereocenters. The first-order valence-electron chi connectivity index (χ1n) is 19.0. The highest BCUT2D eigenvalue weighted by Gasteiger charge is 2.34. The Labute approximate surface area is 246 Å². The number of aromatic nitrogens is 1. The van der Waals surface area contributed by atoms with Crippen molar-refractivity contribution in [2.24, 2.45) is 0 Å². The van der Waals surface area contributed by atoms with Gasteiger partial charge in [0.05, 0.1) is 20.6 Å². The summed E-state index contributed by atoms with van der Waals surface area (Å²) in [6.07, 6.45) is 0. The third kappa shape index (κ3) is 3.15. The molecular formula is C37H27NO. The van der Waals surface area contributed by atoms with E-state index in [4.69, 9.17) is 19.8 Å². The van der Waals surface area contributed by atoms with Gasteiger partial charge in [0.1, 0.15) is 11.5 Å². The van der Waals surface area contributed by atoms with Crippen LogP contribution in [0.25, 0.3) is 49.4 Å². The highest BCUT2D eigenvalue weighted by atomic mass is 16.5. The quantitative estimate of drug-likeness (QED) is 0.224. The molecule has 8 rings (SSSR count). The molecule has 0 fully saturated rings. The van der Waals surface area contributed by atoms with Crippen molar-refractivity contribution in [3.05, 3.63) is 138 Å². The Hall–Kier alpha value is -4.82. The lowest BCUT2D eigenvalue weighted by Crippen LogP contribution is -2.24. The largest absolute Gasteiger partial charge is 0.457 e. The molecular weight excluding hydrogens is 474 g/mol. The van der Waals surface area contributed by atoms with Crippen molar-refractivity contribution in [1.82, 2.24) is 4.57 Å². The Balaban J connectivity index is 1.58. The summed E-state index contributed by atoms with van der Waals surface area (Å²) >= 11 is 0. The van der Waals surface area contributed by atoms with Crippen molar-refractivity contribution in [2.75, 3.05) is 0 Å². The van der Waals surface area contributed by atoms with Gasteiger partial charge in [-0.15, -0.1) is 0 Å². The first-order valence-corrected chi connectivity index (χ1v) is 12.5. The predicted octanol–water partition coefficient (Wildman–Crippen LogP) is 10.0. The lowest BCUT2D eigenvalue weighted by Gasteiger charge is -2.34. The molecule has 2 heteroatoms. The number of para-hydroxylation sites is 2. The summed E-state index contributed by atoms with van der Waals surface area (Å²) in [6, 6.07) is 21.0. The summed E-state index contributed by atoms with van der Waals surface area (Å²) in [4.78, 5) is 0. The fraction of sp³-hybridized carbons (Fsp3) is 0.0811. The van der Waals surface area contributed by atoms with Crippen molar-refractivity contribution in [3.8, 4) is 28.3 Å². The van der Waals surface area contributed by atoms with Crippen LogP contribution in [0.15, 0.2) is 127 Å². The second-order valence-corrected chi connectivity index (χ2v) is 9.56. The summed E-state index contributed by atoms with van der Waals surface area (Å²) < 4.78 is 123. The van der Waals surface area contributed by atoms with E-state index in [0.717, 1.165) is 27.4 Å². The lowest BCUT2D eigenvalue weighted by atomic mass is 9.75. The molecule has 0 atom stereocenters. The van der Waals surface area contributed by atoms with Crippen molar-refractivity contribution < 1.29 is 22.6 Å². The summed E-state index contributed by atoms with van der Waals surface area (Å²) in [5, 5.41) is 3.17. The topological polar surface area (TPSA) is 14.2 Å². The second kappa shape index (κ2) is 8.09. The molecule has 0 radical (unpaired) electrons. The van der Waals surface area contributed by atoms with Gasteiger partial charge in [0.25, 0.3) is 0 Å². The summed E-state index contributed by atoms with van der Waals surface area (Å²) in [5.74, 6) is -1.50. The molecule has 0 N–H and O–H groups in total. The van der Waals surface area contributed by atoms with E-state index < -0.39 is 84.0 Å². The minimum atomic E-state index is -3.57. The Bertz CT molecular complexity index is 2650. The van der Waals surface area contributed by atoms with E-state index in [2.05, 4.69) is 4.57 Å². The van der Waals surface area contributed by atoms with Gasteiger partial charge in [0.15, 0.2) is 0 Å². The van der Waals surface area contributed by atoms with Crippen LogP contribution < -0.4 is 4.74 Å². The predicted molar refractivity (Wildman–Crippen MR) is 162 cm³/mol. The van der Waals surface area contributed by atoms with E-state index in [0.29, 0.717) is 10.9 Å². The van der Waals surface area contributed by atoms with E-state index in [1.165, 1.54) is 0 Å². The number of ether oxygens (including phenoxy) is 1. The molecule has 1 aliphatic rings. The molecule has 0 spiro atoms. The number of hydrogen-bond acceptors (Lipinski definition) is 1. The number of nitrogens with zero attached hydrogens (tertiary/aromatic N) is 1. The molecule has 186 valence electrons. The van der Waals surface area contributed by atoms with Crippen LogP contribution in [-0.2, 0) is 5.41 Å². The van der Waals surface area contributed by atoms with Gasteiger partial charge in [-0.2, -0.15) is 0 Å². The molecule has 0 aliphatic carbocycles. The molecule has 2 heterocycles. The number of hydrogen-bond donors (Lipinski definition) is 0. The van der Waals surface area contributed by atoms with E-state index in [1.807, 2.05) is 72.8 Å². The highest BCUT2D eigenvalue weighted by molar-refractivity contribution is 6.22. The molecule has 0 amide bonds. The van der Waals surface area contributed by atoms with Crippen LogP contribution in [0, 0.1) is 0 Å². The Morgan fingerprint density at radius 1 is 0.718 bits per heavy atom. The van der Waals surface area contributed by atoms with Crippen LogP contribution in [0.3, 0.4) is 0 Å². The first kappa shape index (κ1) is 12.8.